The highest BCUT2D eigenvalue weighted by atomic mass is 32.2. The van der Waals surface area contributed by atoms with Crippen LogP contribution in [0.2, 0.25) is 0 Å². The molecule has 0 N–H and O–H groups in total. The van der Waals surface area contributed by atoms with Gasteiger partial charge >= 0.3 is 0 Å². The van der Waals surface area contributed by atoms with Crippen LogP contribution in [0, 0.1) is 0 Å². The standard InChI is InChI=1S/C8H13N3O2S/c1-2-5-14(12,13)11-6-8(9-10-11)7-3-4-7/h6-7H,2-5H2,1H3. The molecule has 1 aliphatic rings. The van der Waals surface area contributed by atoms with E-state index in [-0.39, 0.29) is 5.75 Å². The summed E-state index contributed by atoms with van der Waals surface area (Å²) in [7, 11) is -3.25. The smallest absolute Gasteiger partial charge is 0.205 e. The van der Waals surface area contributed by atoms with Crippen molar-refractivity contribution in [3.05, 3.63) is 11.9 Å². The average molecular weight is 215 g/mol. The molecule has 0 amide bonds. The molecule has 1 aromatic rings. The molecule has 6 heteroatoms. The second-order valence-corrected chi connectivity index (χ2v) is 5.55. The van der Waals surface area contributed by atoms with Gasteiger partial charge in [0.1, 0.15) is 0 Å². The van der Waals surface area contributed by atoms with Gasteiger partial charge in [-0.05, 0) is 19.3 Å². The molecule has 0 unspecified atom stereocenters. The van der Waals surface area contributed by atoms with Gasteiger partial charge in [0.05, 0.1) is 17.6 Å². The molecular formula is C8H13N3O2S. The molecular weight excluding hydrogens is 202 g/mol. The zero-order valence-electron chi connectivity index (χ0n) is 8.05. The normalized spacial score (nSPS) is 17.2. The summed E-state index contributed by atoms with van der Waals surface area (Å²) in [5, 5.41) is 7.51. The molecule has 1 fully saturated rings. The van der Waals surface area contributed by atoms with Crippen LogP contribution in [0.25, 0.3) is 0 Å². The van der Waals surface area contributed by atoms with E-state index in [4.69, 9.17) is 0 Å². The van der Waals surface area contributed by atoms with Gasteiger partial charge in [0, 0.05) is 5.92 Å². The minimum atomic E-state index is -3.25. The molecule has 2 rings (SSSR count). The quantitative estimate of drug-likeness (QED) is 0.743. The third-order valence-electron chi connectivity index (χ3n) is 2.23. The number of rotatable bonds is 4. The van der Waals surface area contributed by atoms with Crippen LogP contribution in [-0.2, 0) is 10.0 Å². The second-order valence-electron chi connectivity index (χ2n) is 3.61. The van der Waals surface area contributed by atoms with Crippen LogP contribution < -0.4 is 0 Å². The third-order valence-corrected chi connectivity index (χ3v) is 3.91. The van der Waals surface area contributed by atoms with Crippen LogP contribution in [0.15, 0.2) is 6.20 Å². The van der Waals surface area contributed by atoms with Crippen molar-refractivity contribution in [2.24, 2.45) is 0 Å². The summed E-state index contributed by atoms with van der Waals surface area (Å²) < 4.78 is 24.1. The molecule has 0 bridgehead atoms. The summed E-state index contributed by atoms with van der Waals surface area (Å²) in [5.41, 5.74) is 0.810. The Morgan fingerprint density at radius 2 is 2.29 bits per heavy atom. The van der Waals surface area contributed by atoms with Crippen molar-refractivity contribution < 1.29 is 8.42 Å². The summed E-state index contributed by atoms with van der Waals surface area (Å²) in [6.45, 7) is 1.83. The Bertz CT molecular complexity index is 420. The summed E-state index contributed by atoms with van der Waals surface area (Å²) >= 11 is 0. The minimum absolute atomic E-state index is 0.125. The first-order valence-electron chi connectivity index (χ1n) is 4.79. The Balaban J connectivity index is 2.23. The molecule has 0 atom stereocenters. The van der Waals surface area contributed by atoms with Gasteiger partial charge in [0.15, 0.2) is 0 Å². The van der Waals surface area contributed by atoms with E-state index in [0.717, 1.165) is 22.6 Å². The number of hydrogen-bond acceptors (Lipinski definition) is 4. The molecule has 0 aromatic carbocycles. The molecule has 1 aromatic heterocycles. The fourth-order valence-corrected chi connectivity index (χ4v) is 2.43. The predicted molar refractivity (Wildman–Crippen MR) is 51.5 cm³/mol. The molecule has 0 radical (unpaired) electrons. The maximum Gasteiger partial charge on any atom is 0.255 e. The highest BCUT2D eigenvalue weighted by Gasteiger charge is 2.28. The van der Waals surface area contributed by atoms with Crippen molar-refractivity contribution in [1.82, 2.24) is 14.4 Å². The van der Waals surface area contributed by atoms with Crippen molar-refractivity contribution in [2.75, 3.05) is 5.75 Å². The van der Waals surface area contributed by atoms with Gasteiger partial charge in [0.2, 0.25) is 0 Å². The van der Waals surface area contributed by atoms with E-state index >= 15 is 0 Å². The summed E-state index contributed by atoms with van der Waals surface area (Å²) in [4.78, 5) is 0. The lowest BCUT2D eigenvalue weighted by molar-refractivity contribution is 0.576. The van der Waals surface area contributed by atoms with Gasteiger partial charge in [-0.1, -0.05) is 12.1 Å². The topological polar surface area (TPSA) is 64.8 Å². The van der Waals surface area contributed by atoms with Crippen molar-refractivity contribution >= 4 is 10.0 Å². The first-order chi connectivity index (χ1) is 6.63. The Hall–Kier alpha value is -0.910. The zero-order chi connectivity index (χ0) is 10.2. The van der Waals surface area contributed by atoms with E-state index in [2.05, 4.69) is 10.3 Å². The van der Waals surface area contributed by atoms with Crippen molar-refractivity contribution in [3.63, 3.8) is 0 Å². The fraction of sp³-hybridized carbons (Fsp3) is 0.750. The van der Waals surface area contributed by atoms with Crippen molar-refractivity contribution in [1.29, 1.82) is 0 Å². The number of aromatic nitrogens is 3. The van der Waals surface area contributed by atoms with Crippen LogP contribution in [0.1, 0.15) is 37.8 Å². The van der Waals surface area contributed by atoms with E-state index in [1.54, 1.807) is 6.20 Å². The predicted octanol–water partition coefficient (Wildman–Crippen LogP) is 0.743. The van der Waals surface area contributed by atoms with E-state index in [0.29, 0.717) is 12.3 Å². The minimum Gasteiger partial charge on any atom is -0.205 e. The maximum atomic E-state index is 11.5. The molecule has 1 saturated carbocycles. The third kappa shape index (κ3) is 1.79. The monoisotopic (exact) mass is 215 g/mol. The number of hydrogen-bond donors (Lipinski definition) is 0. The molecule has 5 nitrogen and oxygen atoms in total. The lowest BCUT2D eigenvalue weighted by Gasteiger charge is -1.99. The van der Waals surface area contributed by atoms with E-state index in [1.165, 1.54) is 0 Å². The van der Waals surface area contributed by atoms with Gasteiger partial charge in [-0.15, -0.1) is 9.19 Å². The Labute approximate surface area is 83.2 Å². The van der Waals surface area contributed by atoms with Crippen molar-refractivity contribution in [2.45, 2.75) is 32.1 Å². The SMILES string of the molecule is CCCS(=O)(=O)n1cc(C2CC2)nn1. The van der Waals surface area contributed by atoms with Crippen molar-refractivity contribution in [3.8, 4) is 0 Å². The van der Waals surface area contributed by atoms with Crippen LogP contribution in [-0.4, -0.2) is 28.6 Å². The first-order valence-corrected chi connectivity index (χ1v) is 6.40. The summed E-state index contributed by atoms with van der Waals surface area (Å²) in [5.74, 6) is 0.570. The molecule has 1 aliphatic carbocycles. The van der Waals surface area contributed by atoms with E-state index in [9.17, 15) is 8.42 Å². The van der Waals surface area contributed by atoms with Crippen LogP contribution >= 0.6 is 0 Å². The Morgan fingerprint density at radius 1 is 1.57 bits per heavy atom. The lowest BCUT2D eigenvalue weighted by Crippen LogP contribution is -2.16. The average Bonchev–Trinajstić information content (AvgIpc) is 2.83. The molecule has 0 aliphatic heterocycles. The lowest BCUT2D eigenvalue weighted by atomic mass is 10.3. The molecule has 0 saturated heterocycles. The van der Waals surface area contributed by atoms with Gasteiger partial charge in [-0.2, -0.15) is 0 Å². The van der Waals surface area contributed by atoms with Crippen LogP contribution in [0.4, 0.5) is 0 Å². The molecule has 78 valence electrons. The van der Waals surface area contributed by atoms with E-state index < -0.39 is 10.0 Å². The Kier molecular flexibility index (Phi) is 2.30. The zero-order valence-corrected chi connectivity index (χ0v) is 8.87. The van der Waals surface area contributed by atoms with E-state index in [1.807, 2.05) is 6.92 Å². The van der Waals surface area contributed by atoms with Gasteiger partial charge in [0.25, 0.3) is 10.0 Å². The summed E-state index contributed by atoms with van der Waals surface area (Å²) in [6.07, 6.45) is 4.35. The van der Waals surface area contributed by atoms with Crippen LogP contribution in [0.3, 0.4) is 0 Å². The van der Waals surface area contributed by atoms with Crippen LogP contribution in [0.5, 0.6) is 0 Å². The summed E-state index contributed by atoms with van der Waals surface area (Å²) in [6, 6.07) is 0. The molecule has 14 heavy (non-hydrogen) atoms. The molecule has 1 heterocycles. The van der Waals surface area contributed by atoms with Gasteiger partial charge in [-0.3, -0.25) is 0 Å². The van der Waals surface area contributed by atoms with Gasteiger partial charge in [-0.25, -0.2) is 8.42 Å². The Morgan fingerprint density at radius 3 is 2.86 bits per heavy atom. The van der Waals surface area contributed by atoms with Gasteiger partial charge < -0.3 is 0 Å². The highest BCUT2D eigenvalue weighted by molar-refractivity contribution is 7.89. The largest absolute Gasteiger partial charge is 0.255 e. The number of nitrogens with zero attached hydrogens (tertiary/aromatic N) is 3. The second kappa shape index (κ2) is 3.34. The maximum absolute atomic E-state index is 11.5. The first kappa shape index (κ1) is 9.64. The fourth-order valence-electron chi connectivity index (χ4n) is 1.31. The highest BCUT2D eigenvalue weighted by Crippen LogP contribution is 2.38. The molecule has 0 spiro atoms.